The Morgan fingerprint density at radius 3 is 2.54 bits per heavy atom. The van der Waals surface area contributed by atoms with Crippen LogP contribution < -0.4 is 0 Å². The molecule has 3 saturated carbocycles. The molecule has 0 heterocycles. The van der Waals surface area contributed by atoms with Crippen LogP contribution in [0.5, 0.6) is 0 Å². The molecule has 4 aliphatic carbocycles. The first-order valence-electron chi connectivity index (χ1n) is 11.1. The van der Waals surface area contributed by atoms with Gasteiger partial charge in [0, 0.05) is 0 Å². The molecule has 0 aliphatic heterocycles. The van der Waals surface area contributed by atoms with Crippen molar-refractivity contribution in [3.63, 3.8) is 0 Å². The normalized spacial score (nSPS) is 43.8. The van der Waals surface area contributed by atoms with Crippen molar-refractivity contribution in [2.24, 2.45) is 40.9 Å². The van der Waals surface area contributed by atoms with Gasteiger partial charge in [-0.2, -0.15) is 0 Å². The summed E-state index contributed by atoms with van der Waals surface area (Å²) >= 11 is 0. The maximum Gasteiger partial charge on any atom is -0.00641 e. The molecule has 3 fully saturated rings. The summed E-state index contributed by atoms with van der Waals surface area (Å²) < 4.78 is 0. The van der Waals surface area contributed by atoms with Gasteiger partial charge in [-0.3, -0.25) is 0 Å². The van der Waals surface area contributed by atoms with Gasteiger partial charge in [0.1, 0.15) is 0 Å². The van der Waals surface area contributed by atoms with Crippen molar-refractivity contribution in [1.29, 1.82) is 0 Å². The zero-order valence-corrected chi connectivity index (χ0v) is 17.5. The first-order valence-corrected chi connectivity index (χ1v) is 11.1. The first-order chi connectivity index (χ1) is 12.5. The van der Waals surface area contributed by atoms with E-state index in [0.29, 0.717) is 5.41 Å². The molecule has 0 radical (unpaired) electrons. The molecule has 0 bridgehead atoms. The Morgan fingerprint density at radius 2 is 1.88 bits per heavy atom. The average molecular weight is 353 g/mol. The van der Waals surface area contributed by atoms with Crippen molar-refractivity contribution in [2.75, 3.05) is 0 Å². The number of hydrogen-bond donors (Lipinski definition) is 0. The van der Waals surface area contributed by atoms with E-state index in [9.17, 15) is 0 Å². The highest BCUT2D eigenvalue weighted by atomic mass is 14.6. The predicted molar refractivity (Wildman–Crippen MR) is 115 cm³/mol. The van der Waals surface area contributed by atoms with E-state index >= 15 is 0 Å². The number of rotatable bonds is 2. The van der Waals surface area contributed by atoms with Gasteiger partial charge in [0.15, 0.2) is 0 Å². The van der Waals surface area contributed by atoms with Crippen LogP contribution in [0.3, 0.4) is 0 Å². The minimum absolute atomic E-state index is 0.467. The standard InChI is InChI=1S/C22H32.C4H8/c1-5-22-11-10-19-18-8-6-14(2)12-17(18)13-15(3)21(19)20(22)9-7-16(22)4;1-3-4-2/h5,12,15-16,18-21H,1-2,6-11,13H2,3-4H3;3H,1,4H2,2H3. The maximum atomic E-state index is 4.30. The smallest absolute Gasteiger partial charge is 0.00641 e. The maximum absolute atomic E-state index is 4.30. The third-order valence-corrected chi connectivity index (χ3v) is 8.43. The Morgan fingerprint density at radius 1 is 1.15 bits per heavy atom. The van der Waals surface area contributed by atoms with Crippen molar-refractivity contribution >= 4 is 0 Å². The van der Waals surface area contributed by atoms with Gasteiger partial charge in [-0.05, 0) is 92.3 Å². The van der Waals surface area contributed by atoms with Crippen molar-refractivity contribution in [2.45, 2.75) is 72.1 Å². The molecule has 7 unspecified atom stereocenters. The molecule has 0 amide bonds. The highest BCUT2D eigenvalue weighted by molar-refractivity contribution is 5.30. The van der Waals surface area contributed by atoms with E-state index in [2.05, 4.69) is 52.7 Å². The van der Waals surface area contributed by atoms with Crippen molar-refractivity contribution in [1.82, 2.24) is 0 Å². The molecular weight excluding hydrogens is 312 g/mol. The van der Waals surface area contributed by atoms with Crippen LogP contribution in [0.2, 0.25) is 0 Å². The van der Waals surface area contributed by atoms with Crippen molar-refractivity contribution in [3.05, 3.63) is 49.1 Å². The van der Waals surface area contributed by atoms with E-state index in [1.165, 1.54) is 50.5 Å². The fraction of sp³-hybridized carbons (Fsp3) is 0.692. The van der Waals surface area contributed by atoms with Crippen molar-refractivity contribution in [3.8, 4) is 0 Å². The van der Waals surface area contributed by atoms with Gasteiger partial charge in [-0.15, -0.1) is 13.2 Å². The molecule has 144 valence electrons. The van der Waals surface area contributed by atoms with Gasteiger partial charge >= 0.3 is 0 Å². The highest BCUT2D eigenvalue weighted by Crippen LogP contribution is 2.65. The van der Waals surface area contributed by atoms with E-state index in [4.69, 9.17) is 0 Å². The van der Waals surface area contributed by atoms with Gasteiger partial charge in [0.25, 0.3) is 0 Å². The van der Waals surface area contributed by atoms with Crippen LogP contribution in [-0.4, -0.2) is 0 Å². The fourth-order valence-electron chi connectivity index (χ4n) is 7.14. The zero-order chi connectivity index (χ0) is 18.9. The zero-order valence-electron chi connectivity index (χ0n) is 17.5. The lowest BCUT2D eigenvalue weighted by Gasteiger charge is -2.56. The Balaban J connectivity index is 0.000000447. The Labute approximate surface area is 162 Å². The summed E-state index contributed by atoms with van der Waals surface area (Å²) in [6.07, 6.45) is 17.5. The van der Waals surface area contributed by atoms with Gasteiger partial charge in [-0.25, -0.2) is 0 Å². The summed E-state index contributed by atoms with van der Waals surface area (Å²) in [6.45, 7) is 19.1. The molecule has 0 aromatic heterocycles. The first kappa shape index (κ1) is 19.7. The number of allylic oxidation sites excluding steroid dienone is 5. The van der Waals surface area contributed by atoms with Gasteiger partial charge in [0.2, 0.25) is 0 Å². The lowest BCUT2D eigenvalue weighted by atomic mass is 9.48. The Bertz CT molecular complexity index is 579. The van der Waals surface area contributed by atoms with E-state index in [-0.39, 0.29) is 0 Å². The van der Waals surface area contributed by atoms with E-state index < -0.39 is 0 Å². The van der Waals surface area contributed by atoms with Crippen LogP contribution in [0.4, 0.5) is 0 Å². The highest BCUT2D eigenvalue weighted by Gasteiger charge is 2.57. The lowest BCUT2D eigenvalue weighted by molar-refractivity contribution is -0.0272. The Hall–Kier alpha value is -1.04. The van der Waals surface area contributed by atoms with Crippen LogP contribution in [0.1, 0.15) is 72.1 Å². The van der Waals surface area contributed by atoms with Crippen LogP contribution in [-0.2, 0) is 0 Å². The second-order valence-corrected chi connectivity index (χ2v) is 9.58. The monoisotopic (exact) mass is 352 g/mol. The van der Waals surface area contributed by atoms with Gasteiger partial charge < -0.3 is 0 Å². The van der Waals surface area contributed by atoms with Gasteiger partial charge in [-0.1, -0.05) is 56.7 Å². The summed E-state index contributed by atoms with van der Waals surface area (Å²) in [6, 6.07) is 0. The quantitative estimate of drug-likeness (QED) is 0.446. The summed E-state index contributed by atoms with van der Waals surface area (Å²) in [5.41, 5.74) is 3.60. The molecule has 0 nitrogen and oxygen atoms in total. The summed E-state index contributed by atoms with van der Waals surface area (Å²) in [5, 5.41) is 0. The summed E-state index contributed by atoms with van der Waals surface area (Å²) in [7, 11) is 0. The predicted octanol–water partition coefficient (Wildman–Crippen LogP) is 7.75. The molecule has 0 N–H and O–H groups in total. The van der Waals surface area contributed by atoms with Crippen LogP contribution in [0, 0.1) is 40.9 Å². The SMILES string of the molecule is C=CC12CCC3C4CCC(=C)C=C4CC(C)C3C1CCC2C.C=CCC. The average Bonchev–Trinajstić information content (AvgIpc) is 2.98. The second-order valence-electron chi connectivity index (χ2n) is 9.58. The molecule has 0 aromatic carbocycles. The number of hydrogen-bond acceptors (Lipinski definition) is 0. The molecule has 7 atom stereocenters. The van der Waals surface area contributed by atoms with Crippen LogP contribution in [0.25, 0.3) is 0 Å². The molecule has 0 aromatic rings. The third kappa shape index (κ3) is 3.19. The Kier molecular flexibility index (Phi) is 6.00. The van der Waals surface area contributed by atoms with Crippen LogP contribution >= 0.6 is 0 Å². The van der Waals surface area contributed by atoms with E-state index in [0.717, 1.165) is 41.9 Å². The van der Waals surface area contributed by atoms with E-state index in [1.54, 1.807) is 5.57 Å². The minimum atomic E-state index is 0.467. The largest absolute Gasteiger partial charge is 0.103 e. The molecule has 0 heteroatoms. The minimum Gasteiger partial charge on any atom is -0.103 e. The molecule has 0 saturated heterocycles. The van der Waals surface area contributed by atoms with Gasteiger partial charge in [0.05, 0.1) is 0 Å². The third-order valence-electron chi connectivity index (χ3n) is 8.43. The fourth-order valence-corrected chi connectivity index (χ4v) is 7.14. The topological polar surface area (TPSA) is 0 Å². The molecular formula is C26H40. The molecule has 4 aliphatic rings. The van der Waals surface area contributed by atoms with Crippen LogP contribution in [0.15, 0.2) is 49.1 Å². The number of fused-ring (bicyclic) bond motifs is 5. The van der Waals surface area contributed by atoms with E-state index in [1.807, 2.05) is 6.08 Å². The molecule has 26 heavy (non-hydrogen) atoms. The summed E-state index contributed by atoms with van der Waals surface area (Å²) in [4.78, 5) is 0. The lowest BCUT2D eigenvalue weighted by Crippen LogP contribution is -2.49. The van der Waals surface area contributed by atoms with Crippen molar-refractivity contribution < 1.29 is 0 Å². The molecule has 4 rings (SSSR count). The summed E-state index contributed by atoms with van der Waals surface area (Å²) in [5.74, 6) is 5.40. The molecule has 0 spiro atoms. The second kappa shape index (κ2) is 7.91.